The number of benzene rings is 3. The first kappa shape index (κ1) is 20.2. The molecule has 0 saturated heterocycles. The number of fused-ring (bicyclic) bond motifs is 2. The van der Waals surface area contributed by atoms with Crippen LogP contribution in [-0.4, -0.2) is 34.2 Å². The average molecular weight is 493 g/mol. The fraction of sp³-hybridized carbons (Fsp3) is 0.0870. The molecule has 2 heterocycles. The van der Waals surface area contributed by atoms with Gasteiger partial charge in [-0.3, -0.25) is 15.0 Å². The number of nitrogens with zero attached hydrogens (tertiary/aromatic N) is 2. The Morgan fingerprint density at radius 2 is 1.97 bits per heavy atom. The first-order valence-corrected chi connectivity index (χ1v) is 10.5. The van der Waals surface area contributed by atoms with Gasteiger partial charge in [-0.2, -0.15) is 0 Å². The third kappa shape index (κ3) is 3.05. The van der Waals surface area contributed by atoms with Gasteiger partial charge in [0, 0.05) is 26.9 Å². The van der Waals surface area contributed by atoms with Crippen molar-refractivity contribution in [1.82, 2.24) is 9.97 Å². The van der Waals surface area contributed by atoms with Crippen molar-refractivity contribution < 1.29 is 19.4 Å². The van der Waals surface area contributed by atoms with Crippen molar-refractivity contribution in [1.29, 1.82) is 0 Å². The van der Waals surface area contributed by atoms with Crippen molar-refractivity contribution in [3.63, 3.8) is 0 Å². The lowest BCUT2D eigenvalue weighted by atomic mass is 9.93. The zero-order valence-electron chi connectivity index (χ0n) is 16.8. The Hall–Kier alpha value is -3.69. The van der Waals surface area contributed by atoms with Gasteiger partial charge in [-0.15, -0.1) is 0 Å². The summed E-state index contributed by atoms with van der Waals surface area (Å²) in [4.78, 5) is 33.6. The zero-order chi connectivity index (χ0) is 22.5. The molecule has 5 rings (SSSR count). The molecule has 1 atom stereocenters. The van der Waals surface area contributed by atoms with E-state index in [0.29, 0.717) is 33.4 Å². The van der Waals surface area contributed by atoms with E-state index in [2.05, 4.69) is 36.0 Å². The van der Waals surface area contributed by atoms with Crippen LogP contribution in [-0.2, 0) is 10.5 Å². The number of carbonyl (C=O) groups excluding carboxylic acids is 2. The summed E-state index contributed by atoms with van der Waals surface area (Å²) < 4.78 is 5.38. The van der Waals surface area contributed by atoms with Gasteiger partial charge in [-0.05, 0) is 36.4 Å². The summed E-state index contributed by atoms with van der Waals surface area (Å²) in [5.41, 5.74) is 1.33. The number of hydrogen-bond acceptors (Lipinski definition) is 5. The summed E-state index contributed by atoms with van der Waals surface area (Å²) in [6.45, 7) is 0. The van der Waals surface area contributed by atoms with Crippen LogP contribution in [0.3, 0.4) is 0 Å². The minimum Gasteiger partial charge on any atom is -0.453 e. The first-order chi connectivity index (χ1) is 15.4. The lowest BCUT2D eigenvalue weighted by Crippen LogP contribution is -2.45. The third-order valence-corrected chi connectivity index (χ3v) is 5.91. The molecule has 0 radical (unpaired) electrons. The number of anilines is 2. The minimum absolute atomic E-state index is 0.211. The van der Waals surface area contributed by atoms with Gasteiger partial charge in [0.25, 0.3) is 5.91 Å². The summed E-state index contributed by atoms with van der Waals surface area (Å²) in [5.74, 6) is -0.0957. The monoisotopic (exact) mass is 492 g/mol. The number of rotatable bonds is 3. The maximum absolute atomic E-state index is 13.4. The topological polar surface area (TPSA) is 108 Å². The van der Waals surface area contributed by atoms with E-state index in [1.54, 1.807) is 60.7 Å². The molecule has 160 valence electrons. The van der Waals surface area contributed by atoms with Gasteiger partial charge < -0.3 is 14.8 Å². The molecular formula is C23H17BrN4O4. The van der Waals surface area contributed by atoms with Crippen LogP contribution < -0.4 is 10.2 Å². The number of imidazole rings is 1. The molecule has 0 bridgehead atoms. The second-order valence-corrected chi connectivity index (χ2v) is 8.19. The molecular weight excluding hydrogens is 476 g/mol. The standard InChI is InChI=1S/C23H17BrN4O4/c1-32-22(30)27-21-25-18-10-9-13(11-19(18)26-21)23(31)17-8-3-2-7-16(17)20(29)28(23)15-6-4-5-14(24)12-15/h2-12,31H,1H3,(H2,25,26,27,30). The second kappa shape index (κ2) is 7.47. The SMILES string of the molecule is COC(=O)Nc1nc2ccc(C3(O)c4ccccc4C(=O)N3c3cccc(Br)c3)cc2[nH]1. The quantitative estimate of drug-likeness (QED) is 0.393. The summed E-state index contributed by atoms with van der Waals surface area (Å²) in [5, 5.41) is 14.6. The Morgan fingerprint density at radius 1 is 1.16 bits per heavy atom. The Bertz CT molecular complexity index is 1390. The molecule has 32 heavy (non-hydrogen) atoms. The lowest BCUT2D eigenvalue weighted by Gasteiger charge is -2.35. The van der Waals surface area contributed by atoms with Gasteiger partial charge in [0.1, 0.15) is 0 Å². The van der Waals surface area contributed by atoms with Gasteiger partial charge >= 0.3 is 6.09 Å². The number of aromatic amines is 1. The Morgan fingerprint density at radius 3 is 2.75 bits per heavy atom. The zero-order valence-corrected chi connectivity index (χ0v) is 18.4. The van der Waals surface area contributed by atoms with Crippen molar-refractivity contribution in [2.75, 3.05) is 17.3 Å². The molecule has 1 aromatic heterocycles. The summed E-state index contributed by atoms with van der Waals surface area (Å²) in [7, 11) is 1.26. The smallest absolute Gasteiger partial charge is 0.413 e. The van der Waals surface area contributed by atoms with Crippen LogP contribution in [0.5, 0.6) is 0 Å². The summed E-state index contributed by atoms with van der Waals surface area (Å²) in [6.07, 6.45) is -0.654. The van der Waals surface area contributed by atoms with Gasteiger partial charge in [0.15, 0.2) is 5.72 Å². The van der Waals surface area contributed by atoms with E-state index < -0.39 is 11.8 Å². The van der Waals surface area contributed by atoms with Crippen molar-refractivity contribution in [3.8, 4) is 0 Å². The molecule has 1 aliphatic rings. The Balaban J connectivity index is 1.68. The highest BCUT2D eigenvalue weighted by molar-refractivity contribution is 9.10. The van der Waals surface area contributed by atoms with Crippen LogP contribution in [0.25, 0.3) is 11.0 Å². The van der Waals surface area contributed by atoms with E-state index in [0.717, 1.165) is 4.47 Å². The predicted molar refractivity (Wildman–Crippen MR) is 123 cm³/mol. The van der Waals surface area contributed by atoms with Crippen LogP contribution in [0, 0.1) is 0 Å². The Kier molecular flexibility index (Phi) is 4.72. The number of halogens is 1. The largest absolute Gasteiger partial charge is 0.453 e. The highest BCUT2D eigenvalue weighted by Crippen LogP contribution is 2.45. The molecule has 3 N–H and O–H groups in total. The number of ether oxygens (including phenoxy) is 1. The number of hydrogen-bond donors (Lipinski definition) is 3. The lowest BCUT2D eigenvalue weighted by molar-refractivity contribution is 0.0704. The molecule has 3 aromatic carbocycles. The van der Waals surface area contributed by atoms with Gasteiger partial charge in [0.05, 0.1) is 18.1 Å². The van der Waals surface area contributed by atoms with E-state index in [4.69, 9.17) is 0 Å². The highest BCUT2D eigenvalue weighted by Gasteiger charge is 2.50. The number of H-pyrrole nitrogens is 1. The molecule has 9 heteroatoms. The second-order valence-electron chi connectivity index (χ2n) is 7.27. The number of carbonyl (C=O) groups is 2. The number of nitrogens with one attached hydrogen (secondary N) is 2. The third-order valence-electron chi connectivity index (χ3n) is 5.42. The van der Waals surface area contributed by atoms with Crippen molar-refractivity contribution >= 4 is 50.6 Å². The number of aromatic nitrogens is 2. The molecule has 0 saturated carbocycles. The normalized spacial score (nSPS) is 17.5. The van der Waals surface area contributed by atoms with Crippen molar-refractivity contribution in [3.05, 3.63) is 87.9 Å². The maximum atomic E-state index is 13.4. The van der Waals surface area contributed by atoms with Gasteiger partial charge in [-0.25, -0.2) is 9.78 Å². The van der Waals surface area contributed by atoms with Crippen molar-refractivity contribution in [2.45, 2.75) is 5.72 Å². The van der Waals surface area contributed by atoms with Crippen LogP contribution >= 0.6 is 15.9 Å². The molecule has 2 amide bonds. The molecule has 8 nitrogen and oxygen atoms in total. The molecule has 0 fully saturated rings. The fourth-order valence-corrected chi connectivity index (χ4v) is 4.39. The van der Waals surface area contributed by atoms with E-state index >= 15 is 0 Å². The summed E-state index contributed by atoms with van der Waals surface area (Å²) >= 11 is 3.44. The van der Waals surface area contributed by atoms with Crippen molar-refractivity contribution in [2.24, 2.45) is 0 Å². The highest BCUT2D eigenvalue weighted by atomic mass is 79.9. The average Bonchev–Trinajstić information content (AvgIpc) is 3.29. The van der Waals surface area contributed by atoms with Gasteiger partial charge in [-0.1, -0.05) is 46.3 Å². The maximum Gasteiger partial charge on any atom is 0.413 e. The molecule has 0 aliphatic carbocycles. The predicted octanol–water partition coefficient (Wildman–Crippen LogP) is 4.36. The molecule has 4 aromatic rings. The number of aliphatic hydroxyl groups is 1. The molecule has 0 spiro atoms. The van der Waals surface area contributed by atoms with Crippen LogP contribution in [0.15, 0.2) is 71.2 Å². The number of amides is 2. The Labute approximate surface area is 191 Å². The number of methoxy groups -OCH3 is 1. The van der Waals surface area contributed by atoms with Crippen LogP contribution in [0.2, 0.25) is 0 Å². The minimum atomic E-state index is -1.75. The van der Waals surface area contributed by atoms with E-state index in [9.17, 15) is 14.7 Å². The van der Waals surface area contributed by atoms with E-state index in [1.165, 1.54) is 12.0 Å². The molecule has 1 aliphatic heterocycles. The van der Waals surface area contributed by atoms with Gasteiger partial charge in [0.2, 0.25) is 5.95 Å². The molecule has 1 unspecified atom stereocenters. The van der Waals surface area contributed by atoms with E-state index in [-0.39, 0.29) is 11.9 Å². The van der Waals surface area contributed by atoms with Crippen LogP contribution in [0.1, 0.15) is 21.5 Å². The summed E-state index contributed by atoms with van der Waals surface area (Å²) in [6, 6.07) is 19.3. The van der Waals surface area contributed by atoms with Crippen LogP contribution in [0.4, 0.5) is 16.4 Å². The fourth-order valence-electron chi connectivity index (χ4n) is 4.00. The first-order valence-electron chi connectivity index (χ1n) is 9.69. The van der Waals surface area contributed by atoms with E-state index in [1.807, 2.05) is 6.07 Å².